The smallest absolute Gasteiger partial charge is 0.323 e. The first kappa shape index (κ1) is 16.6. The van der Waals surface area contributed by atoms with Crippen molar-refractivity contribution in [2.75, 3.05) is 13.7 Å². The van der Waals surface area contributed by atoms with Crippen LogP contribution in [0.5, 0.6) is 0 Å². The van der Waals surface area contributed by atoms with Crippen LogP contribution in [0.2, 0.25) is 0 Å². The average molecular weight is 284 g/mol. The van der Waals surface area contributed by atoms with E-state index in [9.17, 15) is 4.79 Å². The third-order valence-electron chi connectivity index (χ3n) is 3.30. The molecule has 7 nitrogen and oxygen atoms in total. The van der Waals surface area contributed by atoms with Crippen molar-refractivity contribution in [1.82, 2.24) is 20.3 Å². The van der Waals surface area contributed by atoms with Gasteiger partial charge in [-0.3, -0.25) is 14.8 Å². The normalized spacial score (nSPS) is 14.0. The highest BCUT2D eigenvalue weighted by Gasteiger charge is 2.24. The molecular formula is C13H24N4O3. The Kier molecular flexibility index (Phi) is 7.17. The number of aromatic nitrogens is 3. The summed E-state index contributed by atoms with van der Waals surface area (Å²) in [6, 6.07) is -0.340. The second kappa shape index (κ2) is 8.65. The Morgan fingerprint density at radius 2 is 2.35 bits per heavy atom. The summed E-state index contributed by atoms with van der Waals surface area (Å²) < 4.78 is 6.50. The molecule has 0 saturated heterocycles. The SMILES string of the molecule is CCC(C)C(NCc1cn(CCCO)nn1)C(=O)OC. The molecule has 0 amide bonds. The zero-order valence-electron chi connectivity index (χ0n) is 12.4. The number of rotatable bonds is 9. The summed E-state index contributed by atoms with van der Waals surface area (Å²) in [5.74, 6) is -0.0705. The Hall–Kier alpha value is -1.47. The Morgan fingerprint density at radius 3 is 2.95 bits per heavy atom. The first-order valence-electron chi connectivity index (χ1n) is 6.93. The van der Waals surface area contributed by atoms with Gasteiger partial charge in [0.2, 0.25) is 0 Å². The number of methoxy groups -OCH3 is 1. The van der Waals surface area contributed by atoms with Crippen LogP contribution in [-0.2, 0) is 22.6 Å². The number of carbonyl (C=O) groups excluding carboxylic acids is 1. The number of aliphatic hydroxyl groups is 1. The zero-order valence-corrected chi connectivity index (χ0v) is 12.4. The van der Waals surface area contributed by atoms with E-state index in [2.05, 4.69) is 15.6 Å². The molecule has 1 aromatic rings. The number of aryl methyl sites for hydroxylation is 1. The third-order valence-corrected chi connectivity index (χ3v) is 3.30. The van der Waals surface area contributed by atoms with Crippen LogP contribution < -0.4 is 5.32 Å². The van der Waals surface area contributed by atoms with Crippen molar-refractivity contribution in [3.05, 3.63) is 11.9 Å². The van der Waals surface area contributed by atoms with E-state index in [1.54, 1.807) is 4.68 Å². The van der Waals surface area contributed by atoms with Crippen molar-refractivity contribution in [3.63, 3.8) is 0 Å². The first-order valence-corrected chi connectivity index (χ1v) is 6.93. The van der Waals surface area contributed by atoms with Crippen molar-refractivity contribution in [3.8, 4) is 0 Å². The van der Waals surface area contributed by atoms with E-state index in [0.717, 1.165) is 12.1 Å². The molecule has 2 unspecified atom stereocenters. The maximum absolute atomic E-state index is 11.7. The molecule has 0 bridgehead atoms. The minimum Gasteiger partial charge on any atom is -0.468 e. The highest BCUT2D eigenvalue weighted by molar-refractivity contribution is 5.75. The molecule has 7 heteroatoms. The summed E-state index contributed by atoms with van der Waals surface area (Å²) in [6.45, 7) is 5.27. The van der Waals surface area contributed by atoms with E-state index in [-0.39, 0.29) is 24.5 Å². The van der Waals surface area contributed by atoms with Gasteiger partial charge in [-0.05, 0) is 12.3 Å². The molecule has 0 aliphatic carbocycles. The fourth-order valence-corrected chi connectivity index (χ4v) is 1.86. The van der Waals surface area contributed by atoms with Crippen LogP contribution in [0, 0.1) is 5.92 Å². The molecule has 0 radical (unpaired) electrons. The molecule has 2 atom stereocenters. The Labute approximate surface area is 119 Å². The van der Waals surface area contributed by atoms with Gasteiger partial charge in [-0.1, -0.05) is 25.5 Å². The molecule has 1 aromatic heterocycles. The van der Waals surface area contributed by atoms with Crippen molar-refractivity contribution < 1.29 is 14.6 Å². The standard InChI is InChI=1S/C13H24N4O3/c1-4-10(2)12(13(19)20-3)14-8-11-9-17(16-15-11)6-5-7-18/h9-10,12,14,18H,4-8H2,1-3H3. The predicted molar refractivity (Wildman–Crippen MR) is 73.8 cm³/mol. The molecular weight excluding hydrogens is 260 g/mol. The number of carbonyl (C=O) groups is 1. The number of hydrogen-bond acceptors (Lipinski definition) is 6. The number of nitrogens with one attached hydrogen (secondary N) is 1. The maximum atomic E-state index is 11.7. The van der Waals surface area contributed by atoms with Gasteiger partial charge >= 0.3 is 5.97 Å². The van der Waals surface area contributed by atoms with Gasteiger partial charge in [-0.2, -0.15) is 0 Å². The van der Waals surface area contributed by atoms with Gasteiger partial charge in [0.25, 0.3) is 0 Å². The highest BCUT2D eigenvalue weighted by atomic mass is 16.5. The van der Waals surface area contributed by atoms with Gasteiger partial charge in [0, 0.05) is 25.9 Å². The molecule has 114 valence electrons. The maximum Gasteiger partial charge on any atom is 0.323 e. The Bertz CT molecular complexity index is 408. The molecule has 1 heterocycles. The monoisotopic (exact) mass is 284 g/mol. The number of nitrogens with zero attached hydrogens (tertiary/aromatic N) is 3. The van der Waals surface area contributed by atoms with E-state index in [4.69, 9.17) is 9.84 Å². The lowest BCUT2D eigenvalue weighted by Crippen LogP contribution is -2.42. The predicted octanol–water partition coefficient (Wildman–Crippen LogP) is 0.338. The number of esters is 1. The van der Waals surface area contributed by atoms with Gasteiger partial charge in [0.05, 0.1) is 12.8 Å². The zero-order chi connectivity index (χ0) is 15.0. The lowest BCUT2D eigenvalue weighted by atomic mass is 9.99. The van der Waals surface area contributed by atoms with Gasteiger partial charge in [-0.15, -0.1) is 5.10 Å². The Morgan fingerprint density at radius 1 is 1.60 bits per heavy atom. The van der Waals surface area contributed by atoms with Gasteiger partial charge in [-0.25, -0.2) is 0 Å². The van der Waals surface area contributed by atoms with Crippen LogP contribution in [0.4, 0.5) is 0 Å². The molecule has 0 aromatic carbocycles. The van der Waals surface area contributed by atoms with E-state index < -0.39 is 0 Å². The summed E-state index contributed by atoms with van der Waals surface area (Å²) in [6.07, 6.45) is 3.34. The van der Waals surface area contributed by atoms with Gasteiger partial charge in [0.15, 0.2) is 0 Å². The lowest BCUT2D eigenvalue weighted by Gasteiger charge is -2.21. The summed E-state index contributed by atoms with van der Waals surface area (Å²) >= 11 is 0. The van der Waals surface area contributed by atoms with E-state index in [0.29, 0.717) is 19.5 Å². The number of hydrogen-bond donors (Lipinski definition) is 2. The number of aliphatic hydroxyl groups excluding tert-OH is 1. The molecule has 2 N–H and O–H groups in total. The van der Waals surface area contributed by atoms with E-state index >= 15 is 0 Å². The quantitative estimate of drug-likeness (QED) is 0.636. The topological polar surface area (TPSA) is 89.3 Å². The fourth-order valence-electron chi connectivity index (χ4n) is 1.86. The molecule has 0 aliphatic heterocycles. The van der Waals surface area contributed by atoms with Crippen LogP contribution in [0.3, 0.4) is 0 Å². The van der Waals surface area contributed by atoms with Crippen molar-refractivity contribution in [2.24, 2.45) is 5.92 Å². The minimum atomic E-state index is -0.340. The third kappa shape index (κ3) is 4.90. The van der Waals surface area contributed by atoms with Crippen molar-refractivity contribution in [2.45, 2.75) is 45.8 Å². The molecule has 20 heavy (non-hydrogen) atoms. The highest BCUT2D eigenvalue weighted by Crippen LogP contribution is 2.10. The molecule has 0 spiro atoms. The Balaban J connectivity index is 2.54. The summed E-state index contributed by atoms with van der Waals surface area (Å²) in [4.78, 5) is 11.7. The summed E-state index contributed by atoms with van der Waals surface area (Å²) in [7, 11) is 1.39. The van der Waals surface area contributed by atoms with Crippen LogP contribution in [0.1, 0.15) is 32.4 Å². The van der Waals surface area contributed by atoms with Crippen LogP contribution >= 0.6 is 0 Å². The largest absolute Gasteiger partial charge is 0.468 e. The fraction of sp³-hybridized carbons (Fsp3) is 0.769. The summed E-state index contributed by atoms with van der Waals surface area (Å²) in [5.41, 5.74) is 0.764. The van der Waals surface area contributed by atoms with E-state index in [1.807, 2.05) is 20.0 Å². The minimum absolute atomic E-state index is 0.131. The summed E-state index contributed by atoms with van der Waals surface area (Å²) in [5, 5.41) is 19.9. The second-order valence-electron chi connectivity index (χ2n) is 4.82. The molecule has 0 aliphatic rings. The van der Waals surface area contributed by atoms with Crippen LogP contribution in [-0.4, -0.2) is 45.8 Å². The van der Waals surface area contributed by atoms with Gasteiger partial charge in [0.1, 0.15) is 6.04 Å². The van der Waals surface area contributed by atoms with E-state index in [1.165, 1.54) is 7.11 Å². The molecule has 0 fully saturated rings. The lowest BCUT2D eigenvalue weighted by molar-refractivity contribution is -0.144. The second-order valence-corrected chi connectivity index (χ2v) is 4.82. The van der Waals surface area contributed by atoms with Crippen molar-refractivity contribution >= 4 is 5.97 Å². The van der Waals surface area contributed by atoms with Gasteiger partial charge < -0.3 is 9.84 Å². The average Bonchev–Trinajstić information content (AvgIpc) is 2.92. The number of ether oxygens (including phenoxy) is 1. The van der Waals surface area contributed by atoms with Crippen LogP contribution in [0.15, 0.2) is 6.20 Å². The van der Waals surface area contributed by atoms with Crippen molar-refractivity contribution in [1.29, 1.82) is 0 Å². The van der Waals surface area contributed by atoms with Crippen LogP contribution in [0.25, 0.3) is 0 Å². The first-order chi connectivity index (χ1) is 9.62. The molecule has 0 saturated carbocycles. The molecule has 1 rings (SSSR count).